The second kappa shape index (κ2) is 11.0. The molecule has 2 aromatic carbocycles. The number of imide groups is 1. The maximum absolute atomic E-state index is 12.9. The van der Waals surface area contributed by atoms with Gasteiger partial charge in [-0.1, -0.05) is 36.7 Å². The molecule has 1 saturated heterocycles. The van der Waals surface area contributed by atoms with Crippen molar-refractivity contribution in [2.75, 3.05) is 19.0 Å². The van der Waals surface area contributed by atoms with E-state index in [1.807, 2.05) is 45.9 Å². The van der Waals surface area contributed by atoms with Crippen LogP contribution in [0.4, 0.5) is 10.5 Å². The Kier molecular flexibility index (Phi) is 8.28. The number of thioether (sulfide) groups is 1. The van der Waals surface area contributed by atoms with Crippen molar-refractivity contribution in [1.29, 1.82) is 0 Å². The van der Waals surface area contributed by atoms with Gasteiger partial charge >= 0.3 is 0 Å². The number of methoxy groups -OCH3 is 1. The van der Waals surface area contributed by atoms with E-state index in [9.17, 15) is 14.4 Å². The van der Waals surface area contributed by atoms with E-state index < -0.39 is 17.1 Å². The van der Waals surface area contributed by atoms with Crippen LogP contribution in [0.3, 0.4) is 0 Å². The minimum atomic E-state index is -0.540. The molecule has 0 bridgehead atoms. The summed E-state index contributed by atoms with van der Waals surface area (Å²) in [5.41, 5.74) is 3.04. The normalized spacial score (nSPS) is 15.6. The molecule has 1 heterocycles. The molecule has 0 aliphatic carbocycles. The summed E-state index contributed by atoms with van der Waals surface area (Å²) in [7, 11) is 1.50. The standard InChI is InChI=1S/C25H27ClN2O5S/c1-6-16(4)33-23-18(26)10-17(11-19(23)32-5)12-20-24(30)28(25(31)34-20)13-21(29)27-22-14(2)8-7-9-15(22)3/h7-12,16H,6,13H2,1-5H3,(H,27,29)/b20-12-/t16-/m1/s1. The molecule has 1 aliphatic rings. The lowest BCUT2D eigenvalue weighted by atomic mass is 10.1. The zero-order valence-electron chi connectivity index (χ0n) is 19.7. The zero-order chi connectivity index (χ0) is 25.0. The van der Waals surface area contributed by atoms with Crippen molar-refractivity contribution in [2.24, 2.45) is 0 Å². The van der Waals surface area contributed by atoms with Gasteiger partial charge in [0, 0.05) is 5.69 Å². The predicted molar refractivity (Wildman–Crippen MR) is 136 cm³/mol. The van der Waals surface area contributed by atoms with Crippen LogP contribution in [0.25, 0.3) is 6.08 Å². The van der Waals surface area contributed by atoms with E-state index in [2.05, 4.69) is 5.32 Å². The van der Waals surface area contributed by atoms with E-state index in [1.165, 1.54) is 7.11 Å². The molecule has 1 fully saturated rings. The third-order valence-electron chi connectivity index (χ3n) is 5.36. The van der Waals surface area contributed by atoms with Crippen molar-refractivity contribution in [3.05, 3.63) is 56.9 Å². The number of nitrogens with zero attached hydrogens (tertiary/aromatic N) is 1. The summed E-state index contributed by atoms with van der Waals surface area (Å²) >= 11 is 7.18. The summed E-state index contributed by atoms with van der Waals surface area (Å²) in [6, 6.07) is 8.98. The monoisotopic (exact) mass is 502 g/mol. The first-order valence-corrected chi connectivity index (χ1v) is 12.0. The van der Waals surface area contributed by atoms with Gasteiger partial charge in [-0.25, -0.2) is 0 Å². The molecule has 34 heavy (non-hydrogen) atoms. The third-order valence-corrected chi connectivity index (χ3v) is 6.55. The van der Waals surface area contributed by atoms with E-state index in [-0.39, 0.29) is 17.6 Å². The van der Waals surface area contributed by atoms with E-state index in [1.54, 1.807) is 18.2 Å². The molecule has 3 amide bonds. The van der Waals surface area contributed by atoms with Crippen LogP contribution < -0.4 is 14.8 Å². The number of anilines is 1. The average molecular weight is 503 g/mol. The van der Waals surface area contributed by atoms with Gasteiger partial charge in [-0.3, -0.25) is 19.3 Å². The number of nitrogens with one attached hydrogen (secondary N) is 1. The number of carbonyl (C=O) groups excluding carboxylic acids is 3. The van der Waals surface area contributed by atoms with Crippen LogP contribution in [0.15, 0.2) is 35.2 Å². The van der Waals surface area contributed by atoms with Crippen LogP contribution in [0.1, 0.15) is 37.0 Å². The lowest BCUT2D eigenvalue weighted by Crippen LogP contribution is -2.36. The summed E-state index contributed by atoms with van der Waals surface area (Å²) < 4.78 is 11.3. The highest BCUT2D eigenvalue weighted by Gasteiger charge is 2.36. The topological polar surface area (TPSA) is 84.9 Å². The fraction of sp³-hybridized carbons (Fsp3) is 0.320. The molecule has 0 radical (unpaired) electrons. The molecule has 0 spiro atoms. The fourth-order valence-corrected chi connectivity index (χ4v) is 4.45. The summed E-state index contributed by atoms with van der Waals surface area (Å²) in [5.74, 6) is -0.142. The Morgan fingerprint density at radius 3 is 2.53 bits per heavy atom. The first kappa shape index (κ1) is 25.6. The number of para-hydroxylation sites is 1. The van der Waals surface area contributed by atoms with Crippen LogP contribution in [-0.2, 0) is 9.59 Å². The van der Waals surface area contributed by atoms with Gasteiger partial charge in [0.15, 0.2) is 11.5 Å². The second-order valence-corrected chi connectivity index (χ2v) is 9.35. The maximum atomic E-state index is 12.9. The molecule has 1 aliphatic heterocycles. The number of ether oxygens (including phenoxy) is 2. The largest absolute Gasteiger partial charge is 0.493 e. The van der Waals surface area contributed by atoms with Gasteiger partial charge in [0.05, 0.1) is 23.1 Å². The van der Waals surface area contributed by atoms with Crippen LogP contribution in [0.5, 0.6) is 11.5 Å². The Morgan fingerprint density at radius 2 is 1.91 bits per heavy atom. The molecule has 3 rings (SSSR count). The third kappa shape index (κ3) is 5.74. The number of aryl methyl sites for hydroxylation is 2. The first-order chi connectivity index (χ1) is 16.1. The molecule has 1 atom stereocenters. The fourth-order valence-electron chi connectivity index (χ4n) is 3.34. The number of hydrogen-bond donors (Lipinski definition) is 1. The smallest absolute Gasteiger partial charge is 0.294 e. The Balaban J connectivity index is 1.78. The van der Waals surface area contributed by atoms with Gasteiger partial charge in [-0.2, -0.15) is 0 Å². The van der Waals surface area contributed by atoms with Gasteiger partial charge in [-0.05, 0) is 73.9 Å². The van der Waals surface area contributed by atoms with Crippen molar-refractivity contribution in [3.63, 3.8) is 0 Å². The zero-order valence-corrected chi connectivity index (χ0v) is 21.3. The van der Waals surface area contributed by atoms with Gasteiger partial charge < -0.3 is 14.8 Å². The molecule has 9 heteroatoms. The predicted octanol–water partition coefficient (Wildman–Crippen LogP) is 5.82. The summed E-state index contributed by atoms with van der Waals surface area (Å²) in [5, 5.41) is 2.62. The quantitative estimate of drug-likeness (QED) is 0.458. The molecular weight excluding hydrogens is 476 g/mol. The minimum Gasteiger partial charge on any atom is -0.493 e. The maximum Gasteiger partial charge on any atom is 0.294 e. The van der Waals surface area contributed by atoms with Crippen molar-refractivity contribution >= 4 is 52.2 Å². The van der Waals surface area contributed by atoms with Gasteiger partial charge in [0.25, 0.3) is 11.1 Å². The molecule has 0 aromatic heterocycles. The van der Waals surface area contributed by atoms with Crippen molar-refractivity contribution in [2.45, 2.75) is 40.2 Å². The van der Waals surface area contributed by atoms with E-state index in [0.29, 0.717) is 27.8 Å². The number of rotatable bonds is 8. The highest BCUT2D eigenvalue weighted by Crippen LogP contribution is 2.39. The molecule has 1 N–H and O–H groups in total. The molecule has 180 valence electrons. The van der Waals surface area contributed by atoms with Gasteiger partial charge in [-0.15, -0.1) is 0 Å². The van der Waals surface area contributed by atoms with Crippen LogP contribution in [0.2, 0.25) is 5.02 Å². The molecule has 2 aromatic rings. The molecule has 0 unspecified atom stereocenters. The summed E-state index contributed by atoms with van der Waals surface area (Å²) in [6.07, 6.45) is 2.30. The second-order valence-electron chi connectivity index (χ2n) is 7.95. The van der Waals surface area contributed by atoms with Crippen molar-refractivity contribution in [3.8, 4) is 11.5 Å². The highest BCUT2D eigenvalue weighted by molar-refractivity contribution is 8.18. The average Bonchev–Trinajstić information content (AvgIpc) is 3.05. The van der Waals surface area contributed by atoms with E-state index in [0.717, 1.165) is 34.2 Å². The molecule has 0 saturated carbocycles. The summed E-state index contributed by atoms with van der Waals surface area (Å²) in [4.78, 5) is 39.1. The molecular formula is C25H27ClN2O5S. The Bertz CT molecular complexity index is 1140. The van der Waals surface area contributed by atoms with Crippen LogP contribution in [0, 0.1) is 13.8 Å². The number of amides is 3. The number of benzene rings is 2. The van der Waals surface area contributed by atoms with Gasteiger partial charge in [0.1, 0.15) is 6.54 Å². The SMILES string of the molecule is CC[C@@H](C)Oc1c(Cl)cc(/C=C2\SC(=O)N(CC(=O)Nc3c(C)cccc3C)C2=O)cc1OC. The Labute approximate surface area is 208 Å². The minimum absolute atomic E-state index is 0.0524. The number of halogens is 1. The lowest BCUT2D eigenvalue weighted by Gasteiger charge is -2.17. The highest BCUT2D eigenvalue weighted by atomic mass is 35.5. The van der Waals surface area contributed by atoms with Crippen molar-refractivity contribution < 1.29 is 23.9 Å². The summed E-state index contributed by atoms with van der Waals surface area (Å²) in [6.45, 7) is 7.31. The van der Waals surface area contributed by atoms with E-state index >= 15 is 0 Å². The van der Waals surface area contributed by atoms with Crippen LogP contribution >= 0.6 is 23.4 Å². The van der Waals surface area contributed by atoms with Crippen LogP contribution in [-0.4, -0.2) is 41.7 Å². The first-order valence-electron chi connectivity index (χ1n) is 10.8. The Hall–Kier alpha value is -2.97. The van der Waals surface area contributed by atoms with E-state index in [4.69, 9.17) is 21.1 Å². The van der Waals surface area contributed by atoms with Gasteiger partial charge in [0.2, 0.25) is 5.91 Å². The lowest BCUT2D eigenvalue weighted by molar-refractivity contribution is -0.127. The van der Waals surface area contributed by atoms with Crippen molar-refractivity contribution in [1.82, 2.24) is 4.90 Å². The molecule has 7 nitrogen and oxygen atoms in total. The Morgan fingerprint density at radius 1 is 1.24 bits per heavy atom. The number of carbonyl (C=O) groups is 3. The number of hydrogen-bond acceptors (Lipinski definition) is 6.